The maximum absolute atomic E-state index is 11.1. The fourth-order valence-corrected chi connectivity index (χ4v) is 0.856. The Kier molecular flexibility index (Phi) is 3.61. The minimum Gasteiger partial charge on any atom is -0.382 e. The summed E-state index contributed by atoms with van der Waals surface area (Å²) < 4.78 is 0. The fourth-order valence-electron chi connectivity index (χ4n) is 0.856. The summed E-state index contributed by atoms with van der Waals surface area (Å²) in [4.78, 5) is 19.7. The van der Waals surface area contributed by atoms with Gasteiger partial charge >= 0.3 is 5.97 Å². The molecule has 0 saturated carbocycles. The first-order valence-electron chi connectivity index (χ1n) is 4.38. The van der Waals surface area contributed by atoms with Crippen molar-refractivity contribution >= 4 is 18.1 Å². The van der Waals surface area contributed by atoms with E-state index >= 15 is 0 Å². The molecule has 1 aliphatic rings. The largest absolute Gasteiger partial charge is 0.382 e. The van der Waals surface area contributed by atoms with Crippen LogP contribution < -0.4 is 5.73 Å². The lowest BCUT2D eigenvalue weighted by molar-refractivity contribution is -0.179. The molecule has 1 rings (SSSR count). The number of nitrogens with zero attached hydrogens (tertiary/aromatic N) is 3. The lowest BCUT2D eigenvalue weighted by Crippen LogP contribution is -2.32. The molecule has 0 saturated heterocycles. The summed E-state index contributed by atoms with van der Waals surface area (Å²) in [5.41, 5.74) is 5.97. The van der Waals surface area contributed by atoms with Gasteiger partial charge in [-0.1, -0.05) is 24.8 Å². The summed E-state index contributed by atoms with van der Waals surface area (Å²) >= 11 is 0. The van der Waals surface area contributed by atoms with Crippen LogP contribution in [0.2, 0.25) is 0 Å². The van der Waals surface area contributed by atoms with E-state index in [0.29, 0.717) is 5.70 Å². The van der Waals surface area contributed by atoms with Crippen molar-refractivity contribution in [1.82, 2.24) is 5.17 Å². The number of nitrogens with two attached hydrogens (primary N) is 1. The highest BCUT2D eigenvalue weighted by molar-refractivity contribution is 6.01. The Morgan fingerprint density at radius 2 is 2.53 bits per heavy atom. The smallest absolute Gasteiger partial charge is 0.334 e. The molecule has 1 heterocycles. The van der Waals surface area contributed by atoms with Crippen molar-refractivity contribution in [3.63, 3.8) is 0 Å². The lowest BCUT2D eigenvalue weighted by Gasteiger charge is -2.21. The highest BCUT2D eigenvalue weighted by Gasteiger charge is 2.18. The van der Waals surface area contributed by atoms with Gasteiger partial charge in [0.1, 0.15) is 12.0 Å². The van der Waals surface area contributed by atoms with Crippen molar-refractivity contribution in [3.05, 3.63) is 24.4 Å². The molecule has 6 heteroatoms. The van der Waals surface area contributed by atoms with E-state index in [1.54, 1.807) is 13.0 Å². The maximum Gasteiger partial charge on any atom is 0.334 e. The van der Waals surface area contributed by atoms with Crippen molar-refractivity contribution < 1.29 is 9.63 Å². The van der Waals surface area contributed by atoms with E-state index < -0.39 is 5.97 Å². The molecule has 0 amide bonds. The molecule has 15 heavy (non-hydrogen) atoms. The summed E-state index contributed by atoms with van der Waals surface area (Å²) in [6.07, 6.45) is 4.52. The van der Waals surface area contributed by atoms with Crippen LogP contribution in [-0.4, -0.2) is 23.3 Å². The average Bonchev–Trinajstić information content (AvgIpc) is 2.23. The molecule has 2 N–H and O–H groups in total. The van der Waals surface area contributed by atoms with Crippen LogP contribution in [0, 0.1) is 0 Å². The number of hydrogen-bond donors (Lipinski definition) is 1. The average molecular weight is 208 g/mol. The molecule has 0 aromatic rings. The van der Waals surface area contributed by atoms with E-state index in [1.165, 1.54) is 12.4 Å². The normalized spacial score (nSPS) is 17.5. The molecular weight excluding hydrogens is 196 g/mol. The van der Waals surface area contributed by atoms with Gasteiger partial charge in [0.15, 0.2) is 5.84 Å². The quantitative estimate of drug-likeness (QED) is 0.734. The fraction of sp³-hybridized carbons (Fsp3) is 0.222. The number of carbonyl (C=O) groups is 1. The Labute approximate surface area is 87.4 Å². The first-order valence-corrected chi connectivity index (χ1v) is 4.38. The van der Waals surface area contributed by atoms with E-state index in [-0.39, 0.29) is 12.3 Å². The summed E-state index contributed by atoms with van der Waals surface area (Å²) in [7, 11) is 0. The number of hydroxylamine groups is 1. The Hall–Kier alpha value is -2.11. The first kappa shape index (κ1) is 11.0. The van der Waals surface area contributed by atoms with Crippen molar-refractivity contribution in [3.8, 4) is 0 Å². The number of hydrogen-bond acceptors (Lipinski definition) is 6. The minimum absolute atomic E-state index is 0.216. The number of hydrazone groups is 1. The van der Waals surface area contributed by atoms with Crippen molar-refractivity contribution in [2.45, 2.75) is 13.3 Å². The van der Waals surface area contributed by atoms with Gasteiger partial charge in [-0.3, -0.25) is 0 Å². The molecule has 0 atom stereocenters. The third-order valence-electron chi connectivity index (χ3n) is 1.57. The van der Waals surface area contributed by atoms with E-state index in [2.05, 4.69) is 16.7 Å². The Balaban J connectivity index is 2.84. The third kappa shape index (κ3) is 2.67. The molecule has 0 fully saturated rings. The van der Waals surface area contributed by atoms with Gasteiger partial charge in [-0.15, -0.1) is 5.10 Å². The molecule has 0 bridgehead atoms. The van der Waals surface area contributed by atoms with E-state index in [4.69, 9.17) is 10.6 Å². The second kappa shape index (κ2) is 4.94. The summed E-state index contributed by atoms with van der Waals surface area (Å²) in [5.74, 6) is -0.189. The number of rotatable bonds is 3. The van der Waals surface area contributed by atoms with E-state index in [0.717, 1.165) is 5.17 Å². The van der Waals surface area contributed by atoms with E-state index in [1.807, 2.05) is 0 Å². The lowest BCUT2D eigenvalue weighted by atomic mass is 10.3. The zero-order valence-electron chi connectivity index (χ0n) is 8.38. The van der Waals surface area contributed by atoms with Crippen LogP contribution in [0.4, 0.5) is 0 Å². The maximum atomic E-state index is 11.1. The highest BCUT2D eigenvalue weighted by atomic mass is 16.7. The van der Waals surface area contributed by atoms with Crippen molar-refractivity contribution in [2.75, 3.05) is 0 Å². The summed E-state index contributed by atoms with van der Waals surface area (Å²) in [6.45, 7) is 5.20. The van der Waals surface area contributed by atoms with Gasteiger partial charge in [0.2, 0.25) is 0 Å². The van der Waals surface area contributed by atoms with Gasteiger partial charge < -0.3 is 10.6 Å². The molecule has 80 valence electrons. The Morgan fingerprint density at radius 3 is 3.13 bits per heavy atom. The summed E-state index contributed by atoms with van der Waals surface area (Å²) in [5, 5.41) is 4.77. The Morgan fingerprint density at radius 1 is 1.80 bits per heavy atom. The van der Waals surface area contributed by atoms with Gasteiger partial charge in [0, 0.05) is 6.42 Å². The number of aliphatic imine (C=N–C) groups is 1. The van der Waals surface area contributed by atoms with Crippen LogP contribution in [0.25, 0.3) is 0 Å². The summed E-state index contributed by atoms with van der Waals surface area (Å²) in [6, 6.07) is 0. The van der Waals surface area contributed by atoms with Crippen LogP contribution in [-0.2, 0) is 9.63 Å². The molecule has 0 aliphatic carbocycles. The third-order valence-corrected chi connectivity index (χ3v) is 1.57. The molecule has 0 aromatic heterocycles. The predicted molar refractivity (Wildman–Crippen MR) is 56.6 cm³/mol. The van der Waals surface area contributed by atoms with Crippen LogP contribution in [0.3, 0.4) is 0 Å². The van der Waals surface area contributed by atoms with Gasteiger partial charge in [-0.2, -0.15) is 0 Å². The van der Waals surface area contributed by atoms with Crippen LogP contribution in [0.15, 0.2) is 34.5 Å². The molecular formula is C9H12N4O2. The number of allylic oxidation sites excluding steroid dienone is 2. The van der Waals surface area contributed by atoms with Crippen molar-refractivity contribution in [2.24, 2.45) is 15.8 Å². The minimum atomic E-state index is -0.406. The van der Waals surface area contributed by atoms with Crippen LogP contribution in [0.1, 0.15) is 13.3 Å². The van der Waals surface area contributed by atoms with Gasteiger partial charge in [-0.25, -0.2) is 9.79 Å². The molecule has 6 nitrogen and oxygen atoms in total. The zero-order chi connectivity index (χ0) is 11.3. The molecule has 0 radical (unpaired) electrons. The number of amidine groups is 1. The second-order valence-electron chi connectivity index (χ2n) is 2.62. The standard InChI is InChI=1S/C9H12N4O2/c1-3-5-7-9(10)11-6-12-13(7)15-8(14)4-2/h3,5-6H,1,4H2,2H3,(H2,10,11,12)/b7-5-. The van der Waals surface area contributed by atoms with Gasteiger partial charge in [0.05, 0.1) is 0 Å². The van der Waals surface area contributed by atoms with Crippen molar-refractivity contribution in [1.29, 1.82) is 0 Å². The zero-order valence-corrected chi connectivity index (χ0v) is 8.38. The van der Waals surface area contributed by atoms with Gasteiger partial charge in [-0.05, 0) is 6.08 Å². The molecule has 0 spiro atoms. The predicted octanol–water partition coefficient (Wildman–Crippen LogP) is 0.541. The topological polar surface area (TPSA) is 80.3 Å². The SMILES string of the molecule is C=C/C=C1/C(N)=NC=NN1OC(=O)CC. The monoisotopic (exact) mass is 208 g/mol. The number of carbonyl (C=O) groups excluding carboxylic acids is 1. The highest BCUT2D eigenvalue weighted by Crippen LogP contribution is 2.10. The Bertz CT molecular complexity index is 357. The van der Waals surface area contributed by atoms with Crippen LogP contribution in [0.5, 0.6) is 0 Å². The second-order valence-corrected chi connectivity index (χ2v) is 2.62. The van der Waals surface area contributed by atoms with Gasteiger partial charge in [0.25, 0.3) is 0 Å². The van der Waals surface area contributed by atoms with E-state index in [9.17, 15) is 4.79 Å². The molecule has 0 unspecified atom stereocenters. The first-order chi connectivity index (χ1) is 7.19. The molecule has 1 aliphatic heterocycles. The molecule has 0 aromatic carbocycles. The van der Waals surface area contributed by atoms with Crippen LogP contribution >= 0.6 is 0 Å².